The van der Waals surface area contributed by atoms with E-state index in [1.165, 1.54) is 12.3 Å². The summed E-state index contributed by atoms with van der Waals surface area (Å²) in [5, 5.41) is 13.4. The lowest BCUT2D eigenvalue weighted by Crippen LogP contribution is -2.41. The van der Waals surface area contributed by atoms with Crippen LogP contribution in [0.4, 0.5) is 0 Å². The van der Waals surface area contributed by atoms with E-state index in [1.807, 2.05) is 30.3 Å². The number of carbonyl (C=O) groups excluding carboxylic acids is 1. The van der Waals surface area contributed by atoms with Crippen molar-refractivity contribution in [2.45, 2.75) is 25.3 Å². The number of likely N-dealkylation sites (tertiary alicyclic amines) is 1. The van der Waals surface area contributed by atoms with E-state index in [0.717, 1.165) is 19.3 Å². The van der Waals surface area contributed by atoms with Crippen LogP contribution in [0.1, 0.15) is 31.1 Å². The van der Waals surface area contributed by atoms with Crippen molar-refractivity contribution in [3.63, 3.8) is 0 Å². The maximum absolute atomic E-state index is 12.7. The molecular weight excluding hydrogens is 360 g/mol. The summed E-state index contributed by atoms with van der Waals surface area (Å²) in [5.41, 5.74) is 0.609. The van der Waals surface area contributed by atoms with E-state index in [9.17, 15) is 9.90 Å². The topological polar surface area (TPSA) is 102 Å². The molecule has 1 N–H and O–H groups in total. The lowest BCUT2D eigenvalue weighted by molar-refractivity contribution is -0.137. The zero-order valence-electron chi connectivity index (χ0n) is 15.2. The van der Waals surface area contributed by atoms with Gasteiger partial charge in [0, 0.05) is 18.8 Å². The minimum atomic E-state index is -0.247. The number of rotatable bonds is 5. The molecule has 1 aliphatic heterocycles. The Labute approximate surface area is 161 Å². The highest BCUT2D eigenvalue weighted by Gasteiger charge is 2.31. The molecule has 0 radical (unpaired) electrons. The van der Waals surface area contributed by atoms with Gasteiger partial charge >= 0.3 is 0 Å². The van der Waals surface area contributed by atoms with E-state index < -0.39 is 0 Å². The first-order valence-electron chi connectivity index (χ1n) is 9.17. The second-order valence-corrected chi connectivity index (χ2v) is 6.56. The summed E-state index contributed by atoms with van der Waals surface area (Å²) < 4.78 is 11.0. The van der Waals surface area contributed by atoms with E-state index >= 15 is 0 Å². The smallest absolute Gasteiger partial charge is 0.261 e. The van der Waals surface area contributed by atoms with Gasteiger partial charge in [0.05, 0.1) is 11.6 Å². The van der Waals surface area contributed by atoms with Gasteiger partial charge in [0.15, 0.2) is 12.4 Å². The summed E-state index contributed by atoms with van der Waals surface area (Å²) in [5.74, 6) is 1.25. The Kier molecular flexibility index (Phi) is 5.18. The van der Waals surface area contributed by atoms with Crippen molar-refractivity contribution in [2.75, 3.05) is 13.2 Å². The molecule has 3 aromatic rings. The highest BCUT2D eigenvalue weighted by molar-refractivity contribution is 5.78. The summed E-state index contributed by atoms with van der Waals surface area (Å²) in [7, 11) is 0. The van der Waals surface area contributed by atoms with Crippen molar-refractivity contribution in [1.29, 1.82) is 0 Å². The lowest BCUT2D eigenvalue weighted by atomic mass is 10.0. The third-order valence-corrected chi connectivity index (χ3v) is 4.66. The molecule has 1 aliphatic rings. The Morgan fingerprint density at radius 1 is 1.21 bits per heavy atom. The minimum absolute atomic E-state index is 0.0346. The maximum Gasteiger partial charge on any atom is 0.261 e. The van der Waals surface area contributed by atoms with Crippen LogP contribution in [-0.2, 0) is 4.79 Å². The number of aromatic hydroxyl groups is 1. The Morgan fingerprint density at radius 3 is 2.86 bits per heavy atom. The summed E-state index contributed by atoms with van der Waals surface area (Å²) >= 11 is 0. The molecule has 0 spiro atoms. The molecule has 1 atom stereocenters. The maximum atomic E-state index is 12.7. The number of carbonyl (C=O) groups is 1. The Morgan fingerprint density at radius 2 is 2.07 bits per heavy atom. The van der Waals surface area contributed by atoms with Crippen molar-refractivity contribution in [3.05, 3.63) is 54.5 Å². The van der Waals surface area contributed by atoms with Crippen LogP contribution >= 0.6 is 0 Å². The molecule has 1 aromatic carbocycles. The predicted octanol–water partition coefficient (Wildman–Crippen LogP) is 2.97. The largest absolute Gasteiger partial charge is 0.493 e. The molecule has 4 rings (SSSR count). The molecule has 1 amide bonds. The standard InChI is InChI=1S/C20H20N4O4/c25-17-10-9-14(12-21-17)20-22-19(23-28-20)16-8-4-5-11-24(16)18(26)13-27-15-6-2-1-3-7-15/h1-3,6-7,9-10,12,16H,4-5,8,11,13H2,(H,21,25). The van der Waals surface area contributed by atoms with E-state index in [1.54, 1.807) is 11.0 Å². The van der Waals surface area contributed by atoms with E-state index in [0.29, 0.717) is 29.6 Å². The van der Waals surface area contributed by atoms with Gasteiger partial charge in [-0.1, -0.05) is 23.4 Å². The highest BCUT2D eigenvalue weighted by atomic mass is 16.5. The number of para-hydroxylation sites is 1. The molecule has 144 valence electrons. The van der Waals surface area contributed by atoms with Gasteiger partial charge in [-0.3, -0.25) is 4.79 Å². The number of pyridine rings is 1. The monoisotopic (exact) mass is 380 g/mol. The average Bonchev–Trinajstić information content (AvgIpc) is 3.23. The van der Waals surface area contributed by atoms with Crippen LogP contribution in [0.3, 0.4) is 0 Å². The van der Waals surface area contributed by atoms with Crippen LogP contribution in [-0.4, -0.2) is 44.2 Å². The van der Waals surface area contributed by atoms with Crippen LogP contribution in [0.15, 0.2) is 53.2 Å². The molecule has 1 unspecified atom stereocenters. The molecular formula is C20H20N4O4. The zero-order valence-corrected chi connectivity index (χ0v) is 15.2. The minimum Gasteiger partial charge on any atom is -0.493 e. The molecule has 1 saturated heterocycles. The van der Waals surface area contributed by atoms with Gasteiger partial charge in [-0.15, -0.1) is 0 Å². The number of amides is 1. The van der Waals surface area contributed by atoms with Crippen LogP contribution in [0.25, 0.3) is 11.5 Å². The summed E-state index contributed by atoms with van der Waals surface area (Å²) in [6, 6.07) is 12.1. The molecule has 0 bridgehead atoms. The number of hydrogen-bond acceptors (Lipinski definition) is 7. The van der Waals surface area contributed by atoms with Gasteiger partial charge in [0.1, 0.15) is 5.75 Å². The molecule has 0 saturated carbocycles. The van der Waals surface area contributed by atoms with Gasteiger partial charge in [-0.05, 0) is 37.5 Å². The van der Waals surface area contributed by atoms with Crippen molar-refractivity contribution >= 4 is 5.91 Å². The first-order chi connectivity index (χ1) is 13.7. The van der Waals surface area contributed by atoms with Gasteiger partial charge < -0.3 is 19.3 Å². The van der Waals surface area contributed by atoms with Crippen molar-refractivity contribution in [1.82, 2.24) is 20.0 Å². The van der Waals surface area contributed by atoms with Crippen molar-refractivity contribution in [3.8, 4) is 23.1 Å². The number of nitrogens with zero attached hydrogens (tertiary/aromatic N) is 4. The number of benzene rings is 1. The fourth-order valence-corrected chi connectivity index (χ4v) is 3.24. The number of piperidine rings is 1. The fourth-order valence-electron chi connectivity index (χ4n) is 3.24. The third-order valence-electron chi connectivity index (χ3n) is 4.66. The van der Waals surface area contributed by atoms with E-state index in [2.05, 4.69) is 15.1 Å². The van der Waals surface area contributed by atoms with Crippen LogP contribution in [0.2, 0.25) is 0 Å². The van der Waals surface area contributed by atoms with Gasteiger partial charge in [-0.25, -0.2) is 4.98 Å². The normalized spacial score (nSPS) is 16.7. The van der Waals surface area contributed by atoms with Gasteiger partial charge in [0.25, 0.3) is 11.8 Å². The predicted molar refractivity (Wildman–Crippen MR) is 99.4 cm³/mol. The summed E-state index contributed by atoms with van der Waals surface area (Å²) in [6.07, 6.45) is 4.15. The van der Waals surface area contributed by atoms with Crippen molar-refractivity contribution < 1.29 is 19.2 Å². The number of ether oxygens (including phenoxy) is 1. The lowest BCUT2D eigenvalue weighted by Gasteiger charge is -2.33. The Balaban J connectivity index is 1.47. The van der Waals surface area contributed by atoms with E-state index in [4.69, 9.17) is 9.26 Å². The van der Waals surface area contributed by atoms with Crippen LogP contribution in [0, 0.1) is 0 Å². The summed E-state index contributed by atoms with van der Waals surface area (Å²) in [6.45, 7) is 0.597. The zero-order chi connectivity index (χ0) is 19.3. The molecule has 8 nitrogen and oxygen atoms in total. The molecule has 1 fully saturated rings. The first kappa shape index (κ1) is 18.0. The summed E-state index contributed by atoms with van der Waals surface area (Å²) in [4.78, 5) is 22.8. The molecule has 8 heteroatoms. The SMILES string of the molecule is O=C(COc1ccccc1)N1CCCCC1c1noc(-c2ccc(O)nc2)n1. The second kappa shape index (κ2) is 8.08. The Bertz CT molecular complexity index is 927. The van der Waals surface area contributed by atoms with Gasteiger partial charge in [-0.2, -0.15) is 4.98 Å². The van der Waals surface area contributed by atoms with Crippen LogP contribution < -0.4 is 4.74 Å². The molecule has 28 heavy (non-hydrogen) atoms. The third kappa shape index (κ3) is 3.95. The fraction of sp³-hybridized carbons (Fsp3) is 0.300. The number of hydrogen-bond donors (Lipinski definition) is 1. The van der Waals surface area contributed by atoms with E-state index in [-0.39, 0.29) is 24.4 Å². The average molecular weight is 380 g/mol. The Hall–Kier alpha value is -3.42. The highest BCUT2D eigenvalue weighted by Crippen LogP contribution is 2.31. The molecule has 2 aromatic heterocycles. The van der Waals surface area contributed by atoms with Crippen LogP contribution in [0.5, 0.6) is 11.6 Å². The molecule has 0 aliphatic carbocycles. The molecule has 3 heterocycles. The second-order valence-electron chi connectivity index (χ2n) is 6.56. The number of aromatic nitrogens is 3. The van der Waals surface area contributed by atoms with Gasteiger partial charge in [0.2, 0.25) is 5.88 Å². The quantitative estimate of drug-likeness (QED) is 0.726. The van der Waals surface area contributed by atoms with Crippen molar-refractivity contribution in [2.24, 2.45) is 0 Å². The first-order valence-corrected chi connectivity index (χ1v) is 9.17.